The van der Waals surface area contributed by atoms with E-state index in [1.165, 1.54) is 24.5 Å². The topological polar surface area (TPSA) is 66.9 Å². The van der Waals surface area contributed by atoms with Crippen LogP contribution in [0.5, 0.6) is 11.5 Å². The maximum absolute atomic E-state index is 13.9. The Labute approximate surface area is 175 Å². The number of methoxy groups -OCH3 is 2. The molecule has 2 aromatic carbocycles. The zero-order valence-electron chi connectivity index (χ0n) is 16.4. The molecule has 0 radical (unpaired) electrons. The van der Waals surface area contributed by atoms with Crippen molar-refractivity contribution < 1.29 is 23.0 Å². The number of rotatable bonds is 4. The summed E-state index contributed by atoms with van der Waals surface area (Å²) in [5.74, 6) is -0.178. The molecule has 0 saturated carbocycles. The van der Waals surface area contributed by atoms with Crippen LogP contribution in [0, 0.1) is 11.6 Å². The van der Waals surface area contributed by atoms with E-state index in [-0.39, 0.29) is 11.5 Å². The quantitative estimate of drug-likeness (QED) is 0.674. The first kappa shape index (κ1) is 20.1. The lowest BCUT2D eigenvalue weighted by Gasteiger charge is -2.34. The number of anilines is 2. The fraction of sp³-hybridized carbons (Fsp3) is 0.300. The summed E-state index contributed by atoms with van der Waals surface area (Å²) in [5.41, 5.74) is 0.772. The number of halogens is 2. The smallest absolute Gasteiger partial charge is 0.321 e. The fourth-order valence-electron chi connectivity index (χ4n) is 3.30. The van der Waals surface area contributed by atoms with Crippen LogP contribution in [0.25, 0.3) is 10.2 Å². The van der Waals surface area contributed by atoms with Gasteiger partial charge in [-0.3, -0.25) is 0 Å². The van der Waals surface area contributed by atoms with Gasteiger partial charge < -0.3 is 24.6 Å². The zero-order valence-corrected chi connectivity index (χ0v) is 17.3. The number of carbonyl (C=O) groups is 1. The van der Waals surface area contributed by atoms with E-state index in [1.807, 2.05) is 4.90 Å². The number of nitrogens with zero attached hydrogens (tertiary/aromatic N) is 3. The molecular weight excluding hydrogens is 414 g/mol. The van der Waals surface area contributed by atoms with Crippen molar-refractivity contribution in [2.45, 2.75) is 0 Å². The van der Waals surface area contributed by atoms with Crippen LogP contribution in [0.1, 0.15) is 0 Å². The second-order valence-corrected chi connectivity index (χ2v) is 7.71. The molecule has 0 aliphatic carbocycles. The highest BCUT2D eigenvalue weighted by Crippen LogP contribution is 2.32. The van der Waals surface area contributed by atoms with Crippen LogP contribution in [0.4, 0.5) is 24.4 Å². The average Bonchev–Trinajstić information content (AvgIpc) is 3.18. The van der Waals surface area contributed by atoms with Crippen molar-refractivity contribution in [3.05, 3.63) is 42.0 Å². The lowest BCUT2D eigenvalue weighted by molar-refractivity contribution is 0.208. The summed E-state index contributed by atoms with van der Waals surface area (Å²) < 4.78 is 38.3. The molecule has 1 N–H and O–H groups in total. The van der Waals surface area contributed by atoms with Crippen LogP contribution >= 0.6 is 11.3 Å². The molecule has 7 nitrogen and oxygen atoms in total. The highest BCUT2D eigenvalue weighted by atomic mass is 32.1. The normalized spacial score (nSPS) is 14.1. The van der Waals surface area contributed by atoms with Crippen LogP contribution < -0.4 is 19.7 Å². The summed E-state index contributed by atoms with van der Waals surface area (Å²) in [6.45, 7) is 2.05. The molecule has 0 unspecified atom stereocenters. The third-order valence-electron chi connectivity index (χ3n) is 4.87. The molecule has 1 aliphatic heterocycles. The lowest BCUT2D eigenvalue weighted by Crippen LogP contribution is -2.50. The molecule has 0 atom stereocenters. The van der Waals surface area contributed by atoms with Crippen LogP contribution in [-0.4, -0.2) is 56.3 Å². The number of piperazine rings is 1. The first-order valence-corrected chi connectivity index (χ1v) is 10.1. The summed E-state index contributed by atoms with van der Waals surface area (Å²) in [4.78, 5) is 20.6. The molecule has 30 heavy (non-hydrogen) atoms. The largest absolute Gasteiger partial charge is 0.493 e. The Kier molecular flexibility index (Phi) is 5.58. The van der Waals surface area contributed by atoms with Gasteiger partial charge >= 0.3 is 6.03 Å². The van der Waals surface area contributed by atoms with Crippen molar-refractivity contribution in [3.8, 4) is 11.5 Å². The molecule has 1 aromatic heterocycles. The Morgan fingerprint density at radius 2 is 1.80 bits per heavy atom. The van der Waals surface area contributed by atoms with E-state index in [0.717, 1.165) is 6.07 Å². The molecule has 158 valence electrons. The van der Waals surface area contributed by atoms with Gasteiger partial charge in [0.1, 0.15) is 11.3 Å². The minimum atomic E-state index is -0.666. The number of fused-ring (bicyclic) bond motifs is 1. The third-order valence-corrected chi connectivity index (χ3v) is 5.94. The van der Waals surface area contributed by atoms with E-state index < -0.39 is 11.6 Å². The van der Waals surface area contributed by atoms with Crippen molar-refractivity contribution in [1.82, 2.24) is 9.88 Å². The van der Waals surface area contributed by atoms with E-state index >= 15 is 0 Å². The number of carbonyl (C=O) groups excluding carboxylic acids is 1. The van der Waals surface area contributed by atoms with Crippen molar-refractivity contribution in [2.24, 2.45) is 0 Å². The van der Waals surface area contributed by atoms with Crippen molar-refractivity contribution >= 4 is 38.4 Å². The van der Waals surface area contributed by atoms with E-state index in [2.05, 4.69) is 10.3 Å². The van der Waals surface area contributed by atoms with Crippen LogP contribution in [0.15, 0.2) is 30.3 Å². The van der Waals surface area contributed by atoms with Crippen molar-refractivity contribution in [3.63, 3.8) is 0 Å². The number of benzene rings is 2. The lowest BCUT2D eigenvalue weighted by atomic mass is 10.2. The van der Waals surface area contributed by atoms with Gasteiger partial charge in [-0.2, -0.15) is 0 Å². The van der Waals surface area contributed by atoms with Gasteiger partial charge in [0.25, 0.3) is 0 Å². The van der Waals surface area contributed by atoms with Gasteiger partial charge in [0.2, 0.25) is 0 Å². The number of ether oxygens (including phenoxy) is 2. The highest BCUT2D eigenvalue weighted by molar-refractivity contribution is 7.22. The maximum atomic E-state index is 13.9. The SMILES string of the molecule is COc1ccc(NC(=O)N2CCN(c3nc4c(F)cc(F)cc4s3)CC2)cc1OC. The zero-order chi connectivity index (χ0) is 21.3. The molecule has 0 spiro atoms. The molecule has 2 amide bonds. The maximum Gasteiger partial charge on any atom is 0.321 e. The standard InChI is InChI=1S/C20H20F2N4O3S/c1-28-15-4-3-13(11-16(15)29-2)23-19(27)25-5-7-26(8-6-25)20-24-18-14(22)9-12(21)10-17(18)30-20/h3-4,9-11H,5-8H2,1-2H3,(H,23,27). The van der Waals surface area contributed by atoms with Gasteiger partial charge in [-0.1, -0.05) is 11.3 Å². The average molecular weight is 434 g/mol. The summed E-state index contributed by atoms with van der Waals surface area (Å²) in [6.07, 6.45) is 0. The predicted octanol–water partition coefficient (Wildman–Crippen LogP) is 3.95. The molecule has 3 aromatic rings. The van der Waals surface area contributed by atoms with E-state index in [0.29, 0.717) is 53.2 Å². The molecule has 1 aliphatic rings. The fourth-order valence-corrected chi connectivity index (χ4v) is 4.35. The number of hydrogen-bond acceptors (Lipinski definition) is 6. The summed E-state index contributed by atoms with van der Waals surface area (Å²) in [5, 5.41) is 3.48. The second kappa shape index (κ2) is 8.31. The number of amides is 2. The number of thiazole rings is 1. The minimum absolute atomic E-state index is 0.171. The van der Waals surface area contributed by atoms with Crippen LogP contribution in [0.2, 0.25) is 0 Å². The number of urea groups is 1. The van der Waals surface area contributed by atoms with Gasteiger partial charge in [-0.15, -0.1) is 0 Å². The van der Waals surface area contributed by atoms with Gasteiger partial charge in [0.15, 0.2) is 22.4 Å². The van der Waals surface area contributed by atoms with E-state index in [1.54, 1.807) is 30.2 Å². The minimum Gasteiger partial charge on any atom is -0.493 e. The highest BCUT2D eigenvalue weighted by Gasteiger charge is 2.24. The number of hydrogen-bond donors (Lipinski definition) is 1. The first-order chi connectivity index (χ1) is 14.5. The van der Waals surface area contributed by atoms with Gasteiger partial charge in [-0.05, 0) is 18.2 Å². The Morgan fingerprint density at radius 1 is 1.07 bits per heavy atom. The predicted molar refractivity (Wildman–Crippen MR) is 112 cm³/mol. The molecule has 1 saturated heterocycles. The molecule has 1 fully saturated rings. The van der Waals surface area contributed by atoms with Gasteiger partial charge in [-0.25, -0.2) is 18.6 Å². The molecule has 2 heterocycles. The summed E-state index contributed by atoms with van der Waals surface area (Å²) in [7, 11) is 3.08. The number of nitrogens with one attached hydrogen (secondary N) is 1. The first-order valence-electron chi connectivity index (χ1n) is 9.27. The van der Waals surface area contributed by atoms with E-state index in [9.17, 15) is 13.6 Å². The monoisotopic (exact) mass is 434 g/mol. The van der Waals surface area contributed by atoms with Crippen LogP contribution in [-0.2, 0) is 0 Å². The van der Waals surface area contributed by atoms with Crippen LogP contribution in [0.3, 0.4) is 0 Å². The second-order valence-electron chi connectivity index (χ2n) is 6.70. The summed E-state index contributed by atoms with van der Waals surface area (Å²) >= 11 is 1.24. The third kappa shape index (κ3) is 3.95. The number of aromatic nitrogens is 1. The van der Waals surface area contributed by atoms with E-state index in [4.69, 9.17) is 9.47 Å². The Morgan fingerprint density at radius 3 is 2.50 bits per heavy atom. The molecule has 10 heteroatoms. The van der Waals surface area contributed by atoms with Gasteiger partial charge in [0, 0.05) is 44.0 Å². The molecule has 4 rings (SSSR count). The Balaban J connectivity index is 1.39. The molecular formula is C20H20F2N4O3S. The Bertz CT molecular complexity index is 1080. The van der Waals surface area contributed by atoms with Crippen molar-refractivity contribution in [1.29, 1.82) is 0 Å². The Hall–Kier alpha value is -3.14. The van der Waals surface area contributed by atoms with Crippen molar-refractivity contribution in [2.75, 3.05) is 50.6 Å². The van der Waals surface area contributed by atoms with Gasteiger partial charge in [0.05, 0.1) is 18.9 Å². The molecule has 0 bridgehead atoms. The summed E-state index contributed by atoms with van der Waals surface area (Å²) in [6, 6.07) is 7.06.